The van der Waals surface area contributed by atoms with Gasteiger partial charge in [0.1, 0.15) is 11.0 Å². The van der Waals surface area contributed by atoms with E-state index in [1.54, 1.807) is 12.1 Å². The molecule has 7 heteroatoms. The van der Waals surface area contributed by atoms with Crippen LogP contribution in [0.25, 0.3) is 21.9 Å². The van der Waals surface area contributed by atoms with E-state index in [-0.39, 0.29) is 17.7 Å². The summed E-state index contributed by atoms with van der Waals surface area (Å²) in [4.78, 5) is 11.6. The molecule has 1 saturated heterocycles. The van der Waals surface area contributed by atoms with Crippen molar-refractivity contribution in [1.29, 1.82) is 0 Å². The van der Waals surface area contributed by atoms with Crippen LogP contribution < -0.4 is 0 Å². The topological polar surface area (TPSA) is 93.0 Å². The number of hydrogen-bond acceptors (Lipinski definition) is 4. The van der Waals surface area contributed by atoms with Gasteiger partial charge in [0.25, 0.3) is 0 Å². The SMILES string of the molecule is Cc1cn(C(CC2CCCO2)c2cccc3n[nH]nc23)c2cc(C(=O)O)ccc12. The molecule has 0 spiro atoms. The van der Waals surface area contributed by atoms with Crippen LogP contribution in [0.4, 0.5) is 0 Å². The highest BCUT2D eigenvalue weighted by Gasteiger charge is 2.27. The lowest BCUT2D eigenvalue weighted by Crippen LogP contribution is -2.18. The Morgan fingerprint density at radius 2 is 2.24 bits per heavy atom. The Kier molecular flexibility index (Phi) is 4.32. The maximum atomic E-state index is 11.6. The highest BCUT2D eigenvalue weighted by Crippen LogP contribution is 2.36. The number of aromatic nitrogens is 4. The van der Waals surface area contributed by atoms with Crippen molar-refractivity contribution in [2.24, 2.45) is 0 Å². The Balaban J connectivity index is 1.71. The van der Waals surface area contributed by atoms with Gasteiger partial charge in [0.2, 0.25) is 0 Å². The van der Waals surface area contributed by atoms with Gasteiger partial charge < -0.3 is 14.4 Å². The number of aromatic amines is 1. The Morgan fingerprint density at radius 1 is 1.34 bits per heavy atom. The van der Waals surface area contributed by atoms with Gasteiger partial charge in [-0.15, -0.1) is 0 Å². The monoisotopic (exact) mass is 390 g/mol. The molecular weight excluding hydrogens is 368 g/mol. The minimum Gasteiger partial charge on any atom is -0.478 e. The summed E-state index contributed by atoms with van der Waals surface area (Å²) in [6, 6.07) is 11.3. The molecule has 29 heavy (non-hydrogen) atoms. The number of hydrogen-bond donors (Lipinski definition) is 2. The zero-order chi connectivity index (χ0) is 20.0. The Labute approximate surface area is 167 Å². The van der Waals surface area contributed by atoms with Gasteiger partial charge in [-0.2, -0.15) is 15.4 Å². The number of ether oxygens (including phenoxy) is 1. The smallest absolute Gasteiger partial charge is 0.335 e. The van der Waals surface area contributed by atoms with Gasteiger partial charge in [-0.05, 0) is 49.9 Å². The van der Waals surface area contributed by atoms with Crippen molar-refractivity contribution in [2.75, 3.05) is 6.61 Å². The Bertz CT molecular complexity index is 1200. The number of carboxylic acids is 1. The second-order valence-electron chi connectivity index (χ2n) is 7.68. The molecule has 2 N–H and O–H groups in total. The first-order valence-electron chi connectivity index (χ1n) is 9.87. The van der Waals surface area contributed by atoms with Crippen molar-refractivity contribution in [3.8, 4) is 0 Å². The van der Waals surface area contributed by atoms with Crippen LogP contribution in [0.5, 0.6) is 0 Å². The van der Waals surface area contributed by atoms with E-state index in [1.165, 1.54) is 0 Å². The summed E-state index contributed by atoms with van der Waals surface area (Å²) in [5.41, 5.74) is 5.02. The van der Waals surface area contributed by atoms with Crippen LogP contribution in [-0.2, 0) is 4.74 Å². The molecule has 3 heterocycles. The first kappa shape index (κ1) is 17.9. The van der Waals surface area contributed by atoms with E-state index >= 15 is 0 Å². The summed E-state index contributed by atoms with van der Waals surface area (Å²) in [7, 11) is 0. The van der Waals surface area contributed by atoms with E-state index < -0.39 is 5.97 Å². The third kappa shape index (κ3) is 3.07. The first-order chi connectivity index (χ1) is 14.1. The molecular formula is C22H22N4O3. The molecule has 1 fully saturated rings. The van der Waals surface area contributed by atoms with Crippen molar-refractivity contribution in [3.05, 3.63) is 59.3 Å². The third-order valence-corrected chi connectivity index (χ3v) is 5.86. The molecule has 0 radical (unpaired) electrons. The van der Waals surface area contributed by atoms with Crippen LogP contribution in [0.15, 0.2) is 42.6 Å². The zero-order valence-corrected chi connectivity index (χ0v) is 16.1. The van der Waals surface area contributed by atoms with Crippen molar-refractivity contribution < 1.29 is 14.6 Å². The second kappa shape index (κ2) is 7.00. The predicted molar refractivity (Wildman–Crippen MR) is 109 cm³/mol. The second-order valence-corrected chi connectivity index (χ2v) is 7.68. The molecule has 148 valence electrons. The molecule has 2 aromatic carbocycles. The molecule has 4 aromatic rings. The molecule has 5 rings (SSSR count). The van der Waals surface area contributed by atoms with E-state index in [1.807, 2.05) is 18.2 Å². The van der Waals surface area contributed by atoms with Gasteiger partial charge in [0.15, 0.2) is 0 Å². The van der Waals surface area contributed by atoms with E-state index in [0.29, 0.717) is 0 Å². The number of fused-ring (bicyclic) bond motifs is 2. The molecule has 2 aromatic heterocycles. The first-order valence-corrected chi connectivity index (χ1v) is 9.87. The summed E-state index contributed by atoms with van der Waals surface area (Å²) < 4.78 is 8.13. The number of benzene rings is 2. The molecule has 1 aliphatic heterocycles. The fraction of sp³-hybridized carbons (Fsp3) is 0.318. The molecule has 2 unspecified atom stereocenters. The fourth-order valence-electron chi connectivity index (χ4n) is 4.45. The van der Waals surface area contributed by atoms with Crippen LogP contribution in [0.2, 0.25) is 0 Å². The molecule has 0 bridgehead atoms. The van der Waals surface area contributed by atoms with Crippen LogP contribution in [0.3, 0.4) is 0 Å². The van der Waals surface area contributed by atoms with Gasteiger partial charge in [0, 0.05) is 29.3 Å². The van der Waals surface area contributed by atoms with E-state index in [9.17, 15) is 9.90 Å². The van der Waals surface area contributed by atoms with Crippen LogP contribution >= 0.6 is 0 Å². The summed E-state index contributed by atoms with van der Waals surface area (Å²) in [5.74, 6) is -0.924. The van der Waals surface area contributed by atoms with Crippen molar-refractivity contribution >= 4 is 27.9 Å². The fourth-order valence-corrected chi connectivity index (χ4v) is 4.45. The normalized spacial score (nSPS) is 17.9. The number of carboxylic acid groups (broad SMARTS) is 1. The molecule has 1 aliphatic rings. The number of carbonyl (C=O) groups is 1. The van der Waals surface area contributed by atoms with E-state index in [2.05, 4.69) is 39.2 Å². The zero-order valence-electron chi connectivity index (χ0n) is 16.1. The van der Waals surface area contributed by atoms with Crippen LogP contribution in [0, 0.1) is 6.92 Å². The number of nitrogens with zero attached hydrogens (tertiary/aromatic N) is 3. The predicted octanol–water partition coefficient (Wildman–Crippen LogP) is 4.08. The van der Waals surface area contributed by atoms with Crippen molar-refractivity contribution in [1.82, 2.24) is 20.0 Å². The molecule has 0 aliphatic carbocycles. The van der Waals surface area contributed by atoms with Crippen LogP contribution in [0.1, 0.15) is 46.8 Å². The molecule has 0 saturated carbocycles. The lowest BCUT2D eigenvalue weighted by molar-refractivity contribution is 0.0697. The van der Waals surface area contributed by atoms with Gasteiger partial charge in [0.05, 0.1) is 17.7 Å². The highest BCUT2D eigenvalue weighted by atomic mass is 16.5. The lowest BCUT2D eigenvalue weighted by Gasteiger charge is -2.24. The van der Waals surface area contributed by atoms with Gasteiger partial charge in [-0.25, -0.2) is 4.79 Å². The molecule has 2 atom stereocenters. The van der Waals surface area contributed by atoms with Gasteiger partial charge in [-0.1, -0.05) is 18.2 Å². The lowest BCUT2D eigenvalue weighted by atomic mass is 9.97. The van der Waals surface area contributed by atoms with Gasteiger partial charge in [-0.3, -0.25) is 0 Å². The number of aryl methyl sites for hydroxylation is 1. The summed E-state index contributed by atoms with van der Waals surface area (Å²) >= 11 is 0. The average Bonchev–Trinajstić information content (AvgIpc) is 3.46. The maximum absolute atomic E-state index is 11.6. The summed E-state index contributed by atoms with van der Waals surface area (Å²) in [6.07, 6.45) is 5.17. The average molecular weight is 390 g/mol. The van der Waals surface area contributed by atoms with E-state index in [0.717, 1.165) is 58.9 Å². The Morgan fingerprint density at radius 3 is 3.03 bits per heavy atom. The summed E-state index contributed by atoms with van der Waals surface area (Å²) in [5, 5.41) is 21.9. The quantitative estimate of drug-likeness (QED) is 0.536. The number of nitrogens with one attached hydrogen (secondary N) is 1. The largest absolute Gasteiger partial charge is 0.478 e. The van der Waals surface area contributed by atoms with Crippen molar-refractivity contribution in [3.63, 3.8) is 0 Å². The molecule has 0 amide bonds. The number of rotatable bonds is 5. The van der Waals surface area contributed by atoms with E-state index in [4.69, 9.17) is 4.74 Å². The highest BCUT2D eigenvalue weighted by molar-refractivity contribution is 5.94. The minimum atomic E-state index is -0.924. The van der Waals surface area contributed by atoms with Gasteiger partial charge >= 0.3 is 5.97 Å². The van der Waals surface area contributed by atoms with Crippen LogP contribution in [-0.4, -0.2) is 43.8 Å². The third-order valence-electron chi connectivity index (χ3n) is 5.86. The number of para-hydroxylation sites is 1. The minimum absolute atomic E-state index is 0.0351. The Hall–Kier alpha value is -3.19. The standard InChI is InChI=1S/C22H22N4O3/c1-13-12-26(19-10-14(22(27)28)7-8-16(13)19)20(11-15-4-3-9-29-15)17-5-2-6-18-21(17)24-25-23-18/h2,5-8,10,12,15,20H,3-4,9,11H2,1H3,(H,27,28)(H,23,24,25). The van der Waals surface area contributed by atoms with Crippen molar-refractivity contribution in [2.45, 2.75) is 38.3 Å². The number of aromatic carboxylic acids is 1. The molecule has 7 nitrogen and oxygen atoms in total. The number of H-pyrrole nitrogens is 1. The summed E-state index contributed by atoms with van der Waals surface area (Å²) in [6.45, 7) is 2.85. The maximum Gasteiger partial charge on any atom is 0.335 e.